The van der Waals surface area contributed by atoms with Crippen molar-refractivity contribution in [2.45, 2.75) is 44.4 Å². The average Bonchev–Trinajstić information content (AvgIpc) is 3.62. The summed E-state index contributed by atoms with van der Waals surface area (Å²) < 4.78 is 7.79. The Morgan fingerprint density at radius 2 is 1.85 bits per heavy atom. The van der Waals surface area contributed by atoms with Gasteiger partial charge >= 0.3 is 5.69 Å². The highest BCUT2D eigenvalue weighted by atomic mass is 35.5. The number of anilines is 1. The van der Waals surface area contributed by atoms with Gasteiger partial charge in [0.15, 0.2) is 0 Å². The molecular weight excluding hydrogens is 624 g/mol. The Kier molecular flexibility index (Phi) is 8.75. The van der Waals surface area contributed by atoms with Crippen LogP contribution in [0.5, 0.6) is 5.88 Å². The van der Waals surface area contributed by atoms with E-state index in [2.05, 4.69) is 16.0 Å². The van der Waals surface area contributed by atoms with E-state index in [-0.39, 0.29) is 17.5 Å². The molecule has 6 rings (SSSR count). The summed E-state index contributed by atoms with van der Waals surface area (Å²) in [6, 6.07) is 12.5. The fraction of sp³-hybridized carbons (Fsp3) is 0.324. The average molecular weight is 659 g/mol. The summed E-state index contributed by atoms with van der Waals surface area (Å²) in [6.07, 6.45) is 2.17. The van der Waals surface area contributed by atoms with Gasteiger partial charge in [-0.15, -0.1) is 0 Å². The molecule has 12 nitrogen and oxygen atoms in total. The van der Waals surface area contributed by atoms with Crippen LogP contribution in [0, 0.1) is 6.92 Å². The van der Waals surface area contributed by atoms with Gasteiger partial charge in [0.2, 0.25) is 11.8 Å². The fourth-order valence-electron chi connectivity index (χ4n) is 6.40. The number of aromatic nitrogens is 3. The standard InChI is InChI=1S/C34H35ClN6O6/c1-17-20(7-6-10-24(17)38-31(44)23-16-40(2)34(46)41(3)33(23)45)21-8-5-9-22(29(21)35)25-13-18-14-26(42)30(28(18)32(39-25)47-4)36-15-19-11-12-27(43)37-19/h5-10,13,16,19,26,30,36,42H,11-12,14-15H2,1-4H3,(H,37,43)(H,38,44)/t19-,26+,30-/m0/s1. The number of hydrogen-bond donors (Lipinski definition) is 4. The molecule has 1 saturated heterocycles. The number of ether oxygens (including phenoxy) is 1. The monoisotopic (exact) mass is 658 g/mol. The molecule has 1 aliphatic carbocycles. The van der Waals surface area contributed by atoms with Crippen molar-refractivity contribution in [2.75, 3.05) is 19.0 Å². The van der Waals surface area contributed by atoms with Crippen LogP contribution in [-0.4, -0.2) is 56.8 Å². The molecule has 2 amide bonds. The van der Waals surface area contributed by atoms with Crippen molar-refractivity contribution >= 4 is 29.1 Å². The van der Waals surface area contributed by atoms with Gasteiger partial charge in [0.25, 0.3) is 11.5 Å². The van der Waals surface area contributed by atoms with Gasteiger partial charge in [-0.3, -0.25) is 19.0 Å². The smallest absolute Gasteiger partial charge is 0.330 e. The molecule has 244 valence electrons. The largest absolute Gasteiger partial charge is 0.481 e. The molecule has 1 fully saturated rings. The van der Waals surface area contributed by atoms with Crippen LogP contribution in [0.3, 0.4) is 0 Å². The molecular formula is C34H35ClN6O6. The number of nitrogens with one attached hydrogen (secondary N) is 3. The summed E-state index contributed by atoms with van der Waals surface area (Å²) in [5.74, 6) is -0.222. The minimum Gasteiger partial charge on any atom is -0.481 e. The predicted octanol–water partition coefficient (Wildman–Crippen LogP) is 2.86. The lowest BCUT2D eigenvalue weighted by atomic mass is 9.96. The number of aliphatic hydroxyl groups is 1. The molecule has 2 aromatic carbocycles. The van der Waals surface area contributed by atoms with Crippen LogP contribution in [0.1, 0.15) is 45.9 Å². The Balaban J connectivity index is 1.31. The highest BCUT2D eigenvalue weighted by Gasteiger charge is 2.36. The number of fused-ring (bicyclic) bond motifs is 1. The summed E-state index contributed by atoms with van der Waals surface area (Å²) in [5.41, 5.74) is 4.19. The van der Waals surface area contributed by atoms with Gasteiger partial charge in [0.1, 0.15) is 5.56 Å². The number of nitrogens with zero attached hydrogens (tertiary/aromatic N) is 3. The van der Waals surface area contributed by atoms with Crippen LogP contribution < -0.4 is 31.9 Å². The lowest BCUT2D eigenvalue weighted by Gasteiger charge is -2.22. The summed E-state index contributed by atoms with van der Waals surface area (Å²) >= 11 is 7.07. The number of aryl methyl sites for hydroxylation is 1. The van der Waals surface area contributed by atoms with Gasteiger partial charge in [-0.05, 0) is 42.2 Å². The van der Waals surface area contributed by atoms with Gasteiger partial charge in [0.05, 0.1) is 30.0 Å². The Hall–Kier alpha value is -4.78. The molecule has 0 saturated carbocycles. The minimum absolute atomic E-state index is 0.00900. The molecule has 1 aliphatic heterocycles. The van der Waals surface area contributed by atoms with Crippen molar-refractivity contribution in [3.05, 3.63) is 96.8 Å². The Labute approximate surface area is 275 Å². The third-order valence-electron chi connectivity index (χ3n) is 8.93. The van der Waals surface area contributed by atoms with Crippen molar-refractivity contribution in [3.8, 4) is 28.3 Å². The zero-order valence-electron chi connectivity index (χ0n) is 26.4. The SMILES string of the molecule is COc1nc(-c2cccc(-c3cccc(NC(=O)c4cn(C)c(=O)n(C)c4=O)c3C)c2Cl)cc2c1[C@@H](NC[C@@H]1CCC(=O)N1)[C@H](O)C2. The van der Waals surface area contributed by atoms with Crippen molar-refractivity contribution in [3.63, 3.8) is 0 Å². The molecule has 4 N–H and O–H groups in total. The second-order valence-electron chi connectivity index (χ2n) is 11.9. The van der Waals surface area contributed by atoms with Crippen molar-refractivity contribution in [1.82, 2.24) is 24.8 Å². The number of carbonyl (C=O) groups excluding carboxylic acids is 2. The maximum Gasteiger partial charge on any atom is 0.330 e. The van der Waals surface area contributed by atoms with E-state index in [9.17, 15) is 24.3 Å². The third kappa shape index (κ3) is 5.95. The molecule has 0 spiro atoms. The highest BCUT2D eigenvalue weighted by molar-refractivity contribution is 6.36. The third-order valence-corrected chi connectivity index (χ3v) is 9.34. The molecule has 0 radical (unpaired) electrons. The zero-order valence-corrected chi connectivity index (χ0v) is 27.1. The number of benzene rings is 2. The first-order valence-corrected chi connectivity index (χ1v) is 15.6. The second-order valence-corrected chi connectivity index (χ2v) is 12.3. The molecule has 2 aromatic heterocycles. The summed E-state index contributed by atoms with van der Waals surface area (Å²) in [7, 11) is 4.34. The van der Waals surface area contributed by atoms with Gasteiger partial charge in [-0.2, -0.15) is 0 Å². The molecule has 4 aromatic rings. The predicted molar refractivity (Wildman–Crippen MR) is 178 cm³/mol. The molecule has 0 unspecified atom stereocenters. The minimum atomic E-state index is -0.698. The summed E-state index contributed by atoms with van der Waals surface area (Å²) in [6.45, 7) is 2.36. The van der Waals surface area contributed by atoms with Gasteiger partial charge in [-0.1, -0.05) is 41.9 Å². The topological polar surface area (TPSA) is 157 Å². The Morgan fingerprint density at radius 1 is 1.13 bits per heavy atom. The van der Waals surface area contributed by atoms with E-state index in [1.54, 1.807) is 12.1 Å². The molecule has 0 bridgehead atoms. The van der Waals surface area contributed by atoms with E-state index < -0.39 is 29.3 Å². The van der Waals surface area contributed by atoms with Crippen molar-refractivity contribution < 1.29 is 19.4 Å². The number of hydrogen-bond acceptors (Lipinski definition) is 8. The number of aliphatic hydroxyl groups excluding tert-OH is 1. The lowest BCUT2D eigenvalue weighted by molar-refractivity contribution is -0.119. The highest BCUT2D eigenvalue weighted by Crippen LogP contribution is 2.43. The lowest BCUT2D eigenvalue weighted by Crippen LogP contribution is -2.40. The zero-order chi connectivity index (χ0) is 33.6. The van der Waals surface area contributed by atoms with E-state index in [1.165, 1.54) is 32.0 Å². The van der Waals surface area contributed by atoms with Crippen LogP contribution in [0.4, 0.5) is 5.69 Å². The van der Waals surface area contributed by atoms with Gasteiger partial charge in [-0.25, -0.2) is 9.78 Å². The maximum atomic E-state index is 13.2. The first-order valence-electron chi connectivity index (χ1n) is 15.2. The first-order chi connectivity index (χ1) is 22.5. The van der Waals surface area contributed by atoms with Crippen LogP contribution in [0.2, 0.25) is 5.02 Å². The van der Waals surface area contributed by atoms with Crippen molar-refractivity contribution in [2.24, 2.45) is 14.1 Å². The molecule has 3 heterocycles. The number of amides is 2. The molecule has 13 heteroatoms. The Morgan fingerprint density at radius 3 is 2.57 bits per heavy atom. The van der Waals surface area contributed by atoms with Crippen LogP contribution in [0.15, 0.2) is 58.3 Å². The van der Waals surface area contributed by atoms with Crippen LogP contribution in [-0.2, 0) is 25.3 Å². The number of halogens is 1. The summed E-state index contributed by atoms with van der Waals surface area (Å²) in [5, 5.41) is 20.6. The van der Waals surface area contributed by atoms with E-state index in [0.717, 1.165) is 33.2 Å². The number of rotatable bonds is 8. The fourth-order valence-corrected chi connectivity index (χ4v) is 6.73. The van der Waals surface area contributed by atoms with Crippen molar-refractivity contribution in [1.29, 1.82) is 0 Å². The number of pyridine rings is 1. The number of methoxy groups -OCH3 is 1. The Bertz CT molecular complexity index is 2040. The molecule has 2 aliphatic rings. The van der Waals surface area contributed by atoms with Gasteiger partial charge in [0, 0.05) is 68.1 Å². The van der Waals surface area contributed by atoms with Gasteiger partial charge < -0.3 is 30.4 Å². The quantitative estimate of drug-likeness (QED) is 0.225. The number of carbonyl (C=O) groups is 2. The maximum absolute atomic E-state index is 13.2. The summed E-state index contributed by atoms with van der Waals surface area (Å²) in [4.78, 5) is 54.3. The first kappa shape index (κ1) is 32.2. The second kappa shape index (κ2) is 12.8. The van der Waals surface area contributed by atoms with E-state index in [1.807, 2.05) is 37.3 Å². The molecule has 47 heavy (non-hydrogen) atoms. The van der Waals surface area contributed by atoms with Crippen LogP contribution in [0.25, 0.3) is 22.4 Å². The molecule has 3 atom stereocenters. The van der Waals surface area contributed by atoms with E-state index in [4.69, 9.17) is 21.3 Å². The van der Waals surface area contributed by atoms with E-state index in [0.29, 0.717) is 52.8 Å². The van der Waals surface area contributed by atoms with E-state index >= 15 is 0 Å². The normalized spacial score (nSPS) is 18.6. The van der Waals surface area contributed by atoms with Crippen LogP contribution >= 0.6 is 11.6 Å².